The second-order valence-electron chi connectivity index (χ2n) is 8.68. The highest BCUT2D eigenvalue weighted by molar-refractivity contribution is 6.00. The zero-order valence-corrected chi connectivity index (χ0v) is 19.0. The van der Waals surface area contributed by atoms with Crippen LogP contribution in [-0.4, -0.2) is 53.7 Å². The van der Waals surface area contributed by atoms with Crippen molar-refractivity contribution in [1.29, 1.82) is 0 Å². The van der Waals surface area contributed by atoms with Crippen LogP contribution in [0.4, 0.5) is 11.4 Å². The molecule has 0 spiro atoms. The number of ketones is 1. The number of nitro groups is 1. The van der Waals surface area contributed by atoms with Crippen LogP contribution in [0.5, 0.6) is 0 Å². The van der Waals surface area contributed by atoms with Crippen LogP contribution in [0, 0.1) is 24.0 Å². The van der Waals surface area contributed by atoms with Crippen LogP contribution in [0.15, 0.2) is 24.3 Å². The predicted molar refractivity (Wildman–Crippen MR) is 122 cm³/mol. The number of nitrogens with zero attached hydrogens (tertiary/aromatic N) is 3. The second-order valence-corrected chi connectivity index (χ2v) is 8.68. The van der Waals surface area contributed by atoms with Crippen molar-refractivity contribution in [3.8, 4) is 0 Å². The van der Waals surface area contributed by atoms with Gasteiger partial charge in [-0.3, -0.25) is 14.9 Å². The Hall–Kier alpha value is -3.20. The maximum Gasteiger partial charge on any atom is 0.338 e. The number of hydrogen-bond acceptors (Lipinski definition) is 7. The van der Waals surface area contributed by atoms with Crippen LogP contribution < -0.4 is 4.90 Å². The zero-order valence-electron chi connectivity index (χ0n) is 19.0. The van der Waals surface area contributed by atoms with Gasteiger partial charge in [0, 0.05) is 49.3 Å². The van der Waals surface area contributed by atoms with Crippen molar-refractivity contribution >= 4 is 23.1 Å². The molecular formula is C24H29N3O6. The molecule has 2 saturated heterocycles. The number of benzene rings is 1. The summed E-state index contributed by atoms with van der Waals surface area (Å²) in [5.74, 6) is -1.06. The Morgan fingerprint density at radius 2 is 1.94 bits per heavy atom. The third-order valence-corrected chi connectivity index (χ3v) is 6.47. The molecule has 1 aromatic carbocycles. The number of aryl methyl sites for hydroxylation is 1. The minimum Gasteiger partial charge on any atom is -0.454 e. The number of ether oxygens (including phenoxy) is 2. The lowest BCUT2D eigenvalue weighted by Gasteiger charge is -2.17. The number of carbonyl (C=O) groups is 2. The highest BCUT2D eigenvalue weighted by Crippen LogP contribution is 2.32. The molecule has 0 N–H and O–H groups in total. The summed E-state index contributed by atoms with van der Waals surface area (Å²) in [7, 11) is 0. The van der Waals surface area contributed by atoms with Crippen molar-refractivity contribution in [2.75, 3.05) is 31.2 Å². The monoisotopic (exact) mass is 455 g/mol. The molecule has 0 amide bonds. The Morgan fingerprint density at radius 1 is 1.18 bits per heavy atom. The van der Waals surface area contributed by atoms with Gasteiger partial charge < -0.3 is 18.9 Å². The van der Waals surface area contributed by atoms with Crippen molar-refractivity contribution in [3.05, 3.63) is 56.9 Å². The van der Waals surface area contributed by atoms with Crippen LogP contribution in [0.3, 0.4) is 0 Å². The van der Waals surface area contributed by atoms with Gasteiger partial charge in [-0.15, -0.1) is 0 Å². The molecule has 0 bridgehead atoms. The summed E-state index contributed by atoms with van der Waals surface area (Å²) in [6.07, 6.45) is 4.16. The van der Waals surface area contributed by atoms with Crippen molar-refractivity contribution in [1.82, 2.24) is 4.57 Å². The van der Waals surface area contributed by atoms with Gasteiger partial charge in [0.05, 0.1) is 16.6 Å². The first-order valence-electron chi connectivity index (χ1n) is 11.4. The first-order chi connectivity index (χ1) is 15.8. The fraction of sp³-hybridized carbons (Fsp3) is 0.500. The summed E-state index contributed by atoms with van der Waals surface area (Å²) < 4.78 is 13.0. The molecule has 1 aromatic heterocycles. The Morgan fingerprint density at radius 3 is 2.61 bits per heavy atom. The SMILES string of the molecule is Cc1cc(C(=O)COC(=O)c2ccc(N3CCCC3)c([N+](=O)[O-])c2)c(C)n1CC1CCCO1. The van der Waals surface area contributed by atoms with Gasteiger partial charge in [0.1, 0.15) is 5.69 Å². The highest BCUT2D eigenvalue weighted by atomic mass is 16.6. The number of hydrogen-bond donors (Lipinski definition) is 0. The Balaban J connectivity index is 1.43. The van der Waals surface area contributed by atoms with E-state index in [0.29, 0.717) is 17.8 Å². The molecule has 1 unspecified atom stereocenters. The minimum atomic E-state index is -0.757. The molecule has 9 heteroatoms. The second kappa shape index (κ2) is 9.74. The first-order valence-corrected chi connectivity index (χ1v) is 11.4. The van der Waals surface area contributed by atoms with Gasteiger partial charge in [0.2, 0.25) is 5.78 Å². The summed E-state index contributed by atoms with van der Waals surface area (Å²) in [6, 6.07) is 6.13. The maximum absolute atomic E-state index is 12.8. The van der Waals surface area contributed by atoms with Crippen LogP contribution in [-0.2, 0) is 16.0 Å². The standard InChI is InChI=1S/C24H29N3O6/c1-16-12-20(17(2)26(16)14-19-6-5-11-32-19)23(28)15-33-24(29)18-7-8-21(22(13-18)27(30)31)25-9-3-4-10-25/h7-8,12-13,19H,3-6,9-11,14-15H2,1-2H3. The molecule has 2 fully saturated rings. The Bertz CT molecular complexity index is 1060. The van der Waals surface area contributed by atoms with Crippen LogP contribution in [0.25, 0.3) is 0 Å². The predicted octanol–water partition coefficient (Wildman–Crippen LogP) is 3.83. The van der Waals surface area contributed by atoms with E-state index in [1.54, 1.807) is 12.1 Å². The van der Waals surface area contributed by atoms with Gasteiger partial charge in [0.15, 0.2) is 6.61 Å². The molecular weight excluding hydrogens is 426 g/mol. The van der Waals surface area contributed by atoms with Crippen molar-refractivity contribution < 1.29 is 24.0 Å². The largest absolute Gasteiger partial charge is 0.454 e. The number of aromatic nitrogens is 1. The molecule has 3 heterocycles. The van der Waals surface area contributed by atoms with E-state index in [4.69, 9.17) is 9.47 Å². The van der Waals surface area contributed by atoms with E-state index in [9.17, 15) is 19.7 Å². The molecule has 176 valence electrons. The lowest BCUT2D eigenvalue weighted by Crippen LogP contribution is -2.20. The summed E-state index contributed by atoms with van der Waals surface area (Å²) in [4.78, 5) is 38.3. The van der Waals surface area contributed by atoms with Crippen LogP contribution >= 0.6 is 0 Å². The van der Waals surface area contributed by atoms with E-state index in [-0.39, 0.29) is 23.1 Å². The fourth-order valence-electron chi connectivity index (χ4n) is 4.67. The lowest BCUT2D eigenvalue weighted by molar-refractivity contribution is -0.384. The Kier molecular flexibility index (Phi) is 6.78. The van der Waals surface area contributed by atoms with E-state index >= 15 is 0 Å². The van der Waals surface area contributed by atoms with Gasteiger partial charge in [-0.25, -0.2) is 4.79 Å². The van der Waals surface area contributed by atoms with Gasteiger partial charge >= 0.3 is 5.97 Å². The molecule has 2 aliphatic rings. The minimum absolute atomic E-state index is 0.0568. The number of nitro benzene ring substituents is 1. The molecule has 1 atom stereocenters. The molecule has 0 saturated carbocycles. The summed E-state index contributed by atoms with van der Waals surface area (Å²) >= 11 is 0. The van der Waals surface area contributed by atoms with Gasteiger partial charge in [-0.05, 0) is 57.7 Å². The topological polar surface area (TPSA) is 104 Å². The van der Waals surface area contributed by atoms with E-state index in [2.05, 4.69) is 4.57 Å². The van der Waals surface area contributed by atoms with Crippen molar-refractivity contribution in [2.24, 2.45) is 0 Å². The number of esters is 1. The van der Waals surface area contributed by atoms with E-state index in [0.717, 1.165) is 56.8 Å². The number of carbonyl (C=O) groups excluding carboxylic acids is 2. The first kappa shape index (κ1) is 23.0. The number of Topliss-reactive ketones (excluding diaryl/α,β-unsaturated/α-hetero) is 1. The fourth-order valence-corrected chi connectivity index (χ4v) is 4.67. The summed E-state index contributed by atoms with van der Waals surface area (Å²) in [6.45, 7) is 6.35. The molecule has 2 aliphatic heterocycles. The molecule has 0 aliphatic carbocycles. The molecule has 0 radical (unpaired) electrons. The number of rotatable bonds is 8. The van der Waals surface area contributed by atoms with E-state index in [1.165, 1.54) is 12.1 Å². The van der Waals surface area contributed by atoms with Gasteiger partial charge in [0.25, 0.3) is 5.69 Å². The smallest absolute Gasteiger partial charge is 0.338 e. The summed E-state index contributed by atoms with van der Waals surface area (Å²) in [5, 5.41) is 11.6. The van der Waals surface area contributed by atoms with E-state index < -0.39 is 17.5 Å². The lowest BCUT2D eigenvalue weighted by atomic mass is 10.1. The third kappa shape index (κ3) is 4.93. The quantitative estimate of drug-likeness (QED) is 0.258. The molecule has 33 heavy (non-hydrogen) atoms. The molecule has 4 rings (SSSR count). The molecule has 9 nitrogen and oxygen atoms in total. The maximum atomic E-state index is 12.8. The highest BCUT2D eigenvalue weighted by Gasteiger charge is 2.25. The normalized spacial score (nSPS) is 18.0. The summed E-state index contributed by atoms with van der Waals surface area (Å²) in [5.41, 5.74) is 2.70. The average molecular weight is 456 g/mol. The zero-order chi connectivity index (χ0) is 23.5. The number of anilines is 1. The molecule has 2 aromatic rings. The van der Waals surface area contributed by atoms with Crippen molar-refractivity contribution in [2.45, 2.75) is 52.2 Å². The third-order valence-electron chi connectivity index (χ3n) is 6.47. The van der Waals surface area contributed by atoms with E-state index in [1.807, 2.05) is 18.7 Å². The Labute approximate surface area is 192 Å². The van der Waals surface area contributed by atoms with Crippen LogP contribution in [0.1, 0.15) is 57.8 Å². The van der Waals surface area contributed by atoms with Crippen LogP contribution in [0.2, 0.25) is 0 Å². The van der Waals surface area contributed by atoms with Gasteiger partial charge in [-0.2, -0.15) is 0 Å². The average Bonchev–Trinajstić information content (AvgIpc) is 3.56. The van der Waals surface area contributed by atoms with Crippen molar-refractivity contribution in [3.63, 3.8) is 0 Å². The van der Waals surface area contributed by atoms with Gasteiger partial charge in [-0.1, -0.05) is 0 Å².